The predicted molar refractivity (Wildman–Crippen MR) is 113 cm³/mol. The van der Waals surface area contributed by atoms with E-state index in [9.17, 15) is 4.79 Å². The zero-order valence-electron chi connectivity index (χ0n) is 17.5. The van der Waals surface area contributed by atoms with Gasteiger partial charge in [0.1, 0.15) is 18.0 Å². The van der Waals surface area contributed by atoms with Crippen LogP contribution in [0.5, 0.6) is 5.75 Å². The van der Waals surface area contributed by atoms with E-state index in [1.807, 2.05) is 31.2 Å². The molecule has 0 aromatic heterocycles. The van der Waals surface area contributed by atoms with E-state index in [0.717, 1.165) is 37.2 Å². The topological polar surface area (TPSA) is 50.8 Å². The van der Waals surface area contributed by atoms with Crippen LogP contribution in [-0.4, -0.2) is 49.3 Å². The summed E-state index contributed by atoms with van der Waals surface area (Å²) >= 11 is 0. The van der Waals surface area contributed by atoms with Gasteiger partial charge in [-0.2, -0.15) is 0 Å². The molecule has 28 heavy (non-hydrogen) atoms. The van der Waals surface area contributed by atoms with Crippen molar-refractivity contribution in [1.29, 1.82) is 0 Å². The van der Waals surface area contributed by atoms with Crippen LogP contribution in [0.15, 0.2) is 24.3 Å². The van der Waals surface area contributed by atoms with Gasteiger partial charge >= 0.3 is 0 Å². The fourth-order valence-electron chi connectivity index (χ4n) is 4.54. The molecule has 1 aliphatic heterocycles. The molecule has 1 N–H and O–H groups in total. The number of hydrogen-bond donors (Lipinski definition) is 1. The van der Waals surface area contributed by atoms with Crippen LogP contribution in [0.4, 0.5) is 5.69 Å². The Kier molecular flexibility index (Phi) is 7.74. The number of piperidine rings is 1. The van der Waals surface area contributed by atoms with E-state index in [2.05, 4.69) is 17.1 Å². The molecular formula is C23H36N2O3. The standard InChI is InChI=1S/C23H36N2O3/c1-3-28-23(13-7-8-19(2)18-23)22(26)24-20-9-11-21(12-10-20)27-17-16-25-14-5-4-6-15-25/h9-12,19H,3-8,13-18H2,1-2H3,(H,24,26)/t19-,23+/m0/s1. The van der Waals surface area contributed by atoms with Gasteiger partial charge in [-0.05, 0) is 82.3 Å². The molecule has 1 saturated carbocycles. The highest BCUT2D eigenvalue weighted by molar-refractivity contribution is 5.97. The fourth-order valence-corrected chi connectivity index (χ4v) is 4.54. The van der Waals surface area contributed by atoms with E-state index in [1.165, 1.54) is 38.8 Å². The van der Waals surface area contributed by atoms with Crippen LogP contribution in [0, 0.1) is 5.92 Å². The lowest BCUT2D eigenvalue weighted by Gasteiger charge is -2.38. The van der Waals surface area contributed by atoms with Crippen LogP contribution in [0.3, 0.4) is 0 Å². The molecule has 0 bridgehead atoms. The Morgan fingerprint density at radius 2 is 1.93 bits per heavy atom. The summed E-state index contributed by atoms with van der Waals surface area (Å²) in [6, 6.07) is 7.70. The number of carbonyl (C=O) groups excluding carboxylic acids is 1. The Hall–Kier alpha value is -1.59. The summed E-state index contributed by atoms with van der Waals surface area (Å²) in [6.07, 6.45) is 7.77. The Balaban J connectivity index is 1.50. The second-order valence-corrected chi connectivity index (χ2v) is 8.36. The minimum Gasteiger partial charge on any atom is -0.492 e. The lowest BCUT2D eigenvalue weighted by Crippen LogP contribution is -2.48. The predicted octanol–water partition coefficient (Wildman–Crippen LogP) is 4.48. The van der Waals surface area contributed by atoms with Gasteiger partial charge in [-0.25, -0.2) is 0 Å². The molecule has 1 aliphatic carbocycles. The van der Waals surface area contributed by atoms with E-state index in [4.69, 9.17) is 9.47 Å². The molecule has 2 atom stereocenters. The van der Waals surface area contributed by atoms with Gasteiger partial charge in [0.25, 0.3) is 5.91 Å². The summed E-state index contributed by atoms with van der Waals surface area (Å²) in [4.78, 5) is 15.5. The lowest BCUT2D eigenvalue weighted by molar-refractivity contribution is -0.147. The fraction of sp³-hybridized carbons (Fsp3) is 0.696. The smallest absolute Gasteiger partial charge is 0.256 e. The molecule has 0 spiro atoms. The molecule has 5 heteroatoms. The minimum absolute atomic E-state index is 0.0142. The number of nitrogens with zero attached hydrogens (tertiary/aromatic N) is 1. The maximum absolute atomic E-state index is 13.0. The van der Waals surface area contributed by atoms with Crippen molar-refractivity contribution < 1.29 is 14.3 Å². The summed E-state index contributed by atoms with van der Waals surface area (Å²) < 4.78 is 11.8. The maximum Gasteiger partial charge on any atom is 0.256 e. The molecule has 156 valence electrons. The van der Waals surface area contributed by atoms with E-state index < -0.39 is 5.60 Å². The van der Waals surface area contributed by atoms with Gasteiger partial charge in [-0.15, -0.1) is 0 Å². The zero-order chi connectivity index (χ0) is 19.8. The second kappa shape index (κ2) is 10.3. The average Bonchev–Trinajstić information content (AvgIpc) is 2.70. The summed E-state index contributed by atoms with van der Waals surface area (Å²) in [5, 5.41) is 3.07. The third-order valence-electron chi connectivity index (χ3n) is 6.03. The van der Waals surface area contributed by atoms with E-state index in [-0.39, 0.29) is 5.91 Å². The molecule has 0 unspecified atom stereocenters. The number of benzene rings is 1. The number of anilines is 1. The lowest BCUT2D eigenvalue weighted by atomic mass is 9.78. The largest absolute Gasteiger partial charge is 0.492 e. The molecule has 1 aromatic carbocycles. The van der Waals surface area contributed by atoms with Crippen LogP contribution in [-0.2, 0) is 9.53 Å². The van der Waals surface area contributed by atoms with E-state index in [1.54, 1.807) is 0 Å². The van der Waals surface area contributed by atoms with Gasteiger partial charge < -0.3 is 14.8 Å². The molecule has 5 nitrogen and oxygen atoms in total. The summed E-state index contributed by atoms with van der Waals surface area (Å²) in [5.74, 6) is 1.35. The number of likely N-dealkylation sites (tertiary alicyclic amines) is 1. The first-order valence-corrected chi connectivity index (χ1v) is 11.0. The number of hydrogen-bond acceptors (Lipinski definition) is 4. The summed E-state index contributed by atoms with van der Waals surface area (Å²) in [6.45, 7) is 8.79. The van der Waals surface area contributed by atoms with Gasteiger partial charge in [-0.1, -0.05) is 19.8 Å². The van der Waals surface area contributed by atoms with Crippen molar-refractivity contribution in [2.45, 2.75) is 64.4 Å². The van der Waals surface area contributed by atoms with Crippen LogP contribution >= 0.6 is 0 Å². The quantitative estimate of drug-likeness (QED) is 0.714. The molecule has 0 radical (unpaired) electrons. The first-order chi connectivity index (χ1) is 13.6. The van der Waals surface area contributed by atoms with Crippen LogP contribution < -0.4 is 10.1 Å². The molecule has 1 saturated heterocycles. The molecule has 2 aliphatic rings. The highest BCUT2D eigenvalue weighted by Crippen LogP contribution is 2.36. The van der Waals surface area contributed by atoms with Gasteiger partial charge in [0.2, 0.25) is 0 Å². The third kappa shape index (κ3) is 5.71. The first kappa shape index (κ1) is 21.1. The van der Waals surface area contributed by atoms with Crippen molar-refractivity contribution in [3.8, 4) is 5.75 Å². The zero-order valence-corrected chi connectivity index (χ0v) is 17.5. The van der Waals surface area contributed by atoms with Crippen molar-refractivity contribution >= 4 is 11.6 Å². The van der Waals surface area contributed by atoms with Gasteiger partial charge in [-0.3, -0.25) is 9.69 Å². The van der Waals surface area contributed by atoms with Crippen LogP contribution in [0.2, 0.25) is 0 Å². The number of carbonyl (C=O) groups is 1. The monoisotopic (exact) mass is 388 g/mol. The number of nitrogens with one attached hydrogen (secondary N) is 1. The molecule has 1 aromatic rings. The Bertz CT molecular complexity index is 609. The summed E-state index contributed by atoms with van der Waals surface area (Å²) in [7, 11) is 0. The molecule has 2 fully saturated rings. The highest BCUT2D eigenvalue weighted by Gasteiger charge is 2.42. The average molecular weight is 389 g/mol. The highest BCUT2D eigenvalue weighted by atomic mass is 16.5. The summed E-state index contributed by atoms with van der Waals surface area (Å²) in [5.41, 5.74) is 0.112. The SMILES string of the molecule is CCO[C@]1(C(=O)Nc2ccc(OCCN3CCCCC3)cc2)CCC[C@H](C)C1. The van der Waals surface area contributed by atoms with Crippen molar-refractivity contribution in [3.05, 3.63) is 24.3 Å². The van der Waals surface area contributed by atoms with Crippen molar-refractivity contribution in [2.75, 3.05) is 38.2 Å². The van der Waals surface area contributed by atoms with Gasteiger partial charge in [0.05, 0.1) is 0 Å². The third-order valence-corrected chi connectivity index (χ3v) is 6.03. The van der Waals surface area contributed by atoms with Crippen LogP contribution in [0.25, 0.3) is 0 Å². The van der Waals surface area contributed by atoms with E-state index >= 15 is 0 Å². The van der Waals surface area contributed by atoms with Crippen LogP contribution in [0.1, 0.15) is 58.8 Å². The number of rotatable bonds is 8. The first-order valence-electron chi connectivity index (χ1n) is 11.0. The van der Waals surface area contributed by atoms with E-state index in [0.29, 0.717) is 19.1 Å². The normalized spacial score (nSPS) is 26.0. The minimum atomic E-state index is -0.684. The van der Waals surface area contributed by atoms with Crippen molar-refractivity contribution in [2.24, 2.45) is 5.92 Å². The Labute approximate surface area is 169 Å². The molecule has 1 heterocycles. The Morgan fingerprint density at radius 3 is 2.61 bits per heavy atom. The molecular weight excluding hydrogens is 352 g/mol. The van der Waals surface area contributed by atoms with Gasteiger partial charge in [0.15, 0.2) is 0 Å². The van der Waals surface area contributed by atoms with Gasteiger partial charge in [0, 0.05) is 18.8 Å². The number of amides is 1. The Morgan fingerprint density at radius 1 is 1.18 bits per heavy atom. The van der Waals surface area contributed by atoms with Crippen molar-refractivity contribution in [3.63, 3.8) is 0 Å². The molecule has 3 rings (SSSR count). The van der Waals surface area contributed by atoms with Crippen molar-refractivity contribution in [1.82, 2.24) is 4.90 Å². The second-order valence-electron chi connectivity index (χ2n) is 8.36. The number of ether oxygens (including phenoxy) is 2. The maximum atomic E-state index is 13.0. The molecule has 1 amide bonds.